The summed E-state index contributed by atoms with van der Waals surface area (Å²) >= 11 is 0. The maximum absolute atomic E-state index is 12.1. The standard InChI is InChI=1S/C11H21N3O3/c15-7-6-13-2-4-14(5-3-13)11(16)10-9-12-1-8-17-10/h10,12,15H,1-9H2/t10-/m0/s1. The van der Waals surface area contributed by atoms with Crippen LogP contribution in [0.1, 0.15) is 0 Å². The molecule has 6 heteroatoms. The summed E-state index contributed by atoms with van der Waals surface area (Å²) in [6, 6.07) is 0. The summed E-state index contributed by atoms with van der Waals surface area (Å²) in [5.74, 6) is 0.0980. The minimum absolute atomic E-state index is 0.0980. The first-order valence-electron chi connectivity index (χ1n) is 6.25. The van der Waals surface area contributed by atoms with Gasteiger partial charge in [-0.3, -0.25) is 9.69 Å². The van der Waals surface area contributed by atoms with Crippen molar-refractivity contribution in [2.75, 3.05) is 59.0 Å². The van der Waals surface area contributed by atoms with E-state index < -0.39 is 0 Å². The smallest absolute Gasteiger partial charge is 0.253 e. The lowest BCUT2D eigenvalue weighted by atomic mass is 10.2. The molecule has 98 valence electrons. The zero-order chi connectivity index (χ0) is 12.1. The third-order valence-corrected chi connectivity index (χ3v) is 3.30. The number of carbonyl (C=O) groups is 1. The number of carbonyl (C=O) groups excluding carboxylic acids is 1. The van der Waals surface area contributed by atoms with Crippen LogP contribution in [0.2, 0.25) is 0 Å². The summed E-state index contributed by atoms with van der Waals surface area (Å²) in [6.07, 6.45) is -0.312. The molecular weight excluding hydrogens is 222 g/mol. The van der Waals surface area contributed by atoms with Gasteiger partial charge in [-0.1, -0.05) is 0 Å². The third-order valence-electron chi connectivity index (χ3n) is 3.30. The van der Waals surface area contributed by atoms with Crippen LogP contribution in [-0.4, -0.2) is 85.9 Å². The Bertz CT molecular complexity index is 248. The molecule has 0 unspecified atom stereocenters. The Balaban J connectivity index is 1.77. The number of morpholine rings is 1. The van der Waals surface area contributed by atoms with E-state index in [0.717, 1.165) is 32.7 Å². The summed E-state index contributed by atoms with van der Waals surface area (Å²) in [4.78, 5) is 16.1. The van der Waals surface area contributed by atoms with Gasteiger partial charge in [-0.15, -0.1) is 0 Å². The minimum atomic E-state index is -0.312. The molecule has 2 fully saturated rings. The molecule has 2 saturated heterocycles. The van der Waals surface area contributed by atoms with Crippen molar-refractivity contribution in [3.63, 3.8) is 0 Å². The zero-order valence-electron chi connectivity index (χ0n) is 10.1. The van der Waals surface area contributed by atoms with Crippen molar-refractivity contribution >= 4 is 5.91 Å². The van der Waals surface area contributed by atoms with Crippen molar-refractivity contribution in [2.45, 2.75) is 6.10 Å². The molecule has 0 saturated carbocycles. The molecule has 0 aromatic carbocycles. The Labute approximate surface area is 102 Å². The van der Waals surface area contributed by atoms with E-state index in [2.05, 4.69) is 10.2 Å². The lowest BCUT2D eigenvalue weighted by Gasteiger charge is -2.36. The first-order valence-corrected chi connectivity index (χ1v) is 6.25. The molecule has 0 aromatic heterocycles. The number of nitrogens with one attached hydrogen (secondary N) is 1. The van der Waals surface area contributed by atoms with Crippen LogP contribution in [-0.2, 0) is 9.53 Å². The highest BCUT2D eigenvalue weighted by Gasteiger charge is 2.28. The quantitative estimate of drug-likeness (QED) is 0.607. The fourth-order valence-electron chi connectivity index (χ4n) is 2.26. The van der Waals surface area contributed by atoms with Crippen LogP contribution in [0, 0.1) is 0 Å². The van der Waals surface area contributed by atoms with Gasteiger partial charge in [-0.05, 0) is 0 Å². The first kappa shape index (κ1) is 12.8. The summed E-state index contributed by atoms with van der Waals surface area (Å²) in [6.45, 7) is 6.09. The fraction of sp³-hybridized carbons (Fsp3) is 0.909. The topological polar surface area (TPSA) is 65.0 Å². The van der Waals surface area contributed by atoms with Gasteiger partial charge in [0.1, 0.15) is 6.10 Å². The SMILES string of the molecule is O=C([C@@H]1CNCCO1)N1CCN(CCO)CC1. The highest BCUT2D eigenvalue weighted by Crippen LogP contribution is 2.07. The van der Waals surface area contributed by atoms with Crippen molar-refractivity contribution < 1.29 is 14.6 Å². The third kappa shape index (κ3) is 3.38. The van der Waals surface area contributed by atoms with Gasteiger partial charge >= 0.3 is 0 Å². The van der Waals surface area contributed by atoms with E-state index >= 15 is 0 Å². The number of ether oxygens (including phenoxy) is 1. The van der Waals surface area contributed by atoms with Gasteiger partial charge in [0.15, 0.2) is 0 Å². The summed E-state index contributed by atoms with van der Waals surface area (Å²) < 4.78 is 5.46. The van der Waals surface area contributed by atoms with Gasteiger partial charge in [0.05, 0.1) is 13.2 Å². The molecule has 2 aliphatic rings. The summed E-state index contributed by atoms with van der Waals surface area (Å²) in [7, 11) is 0. The second-order valence-electron chi connectivity index (χ2n) is 4.45. The average molecular weight is 243 g/mol. The van der Waals surface area contributed by atoms with E-state index in [0.29, 0.717) is 19.7 Å². The second kappa shape index (κ2) is 6.30. The maximum atomic E-state index is 12.1. The second-order valence-corrected chi connectivity index (χ2v) is 4.45. The molecule has 1 atom stereocenters. The number of nitrogens with zero attached hydrogens (tertiary/aromatic N) is 2. The number of aliphatic hydroxyl groups is 1. The van der Waals surface area contributed by atoms with Crippen LogP contribution in [0.5, 0.6) is 0 Å². The highest BCUT2D eigenvalue weighted by atomic mass is 16.5. The van der Waals surface area contributed by atoms with Crippen molar-refractivity contribution in [1.82, 2.24) is 15.1 Å². The number of rotatable bonds is 3. The molecule has 6 nitrogen and oxygen atoms in total. The Morgan fingerprint density at radius 2 is 2.12 bits per heavy atom. The van der Waals surface area contributed by atoms with Crippen molar-refractivity contribution in [3.05, 3.63) is 0 Å². The van der Waals surface area contributed by atoms with E-state index in [4.69, 9.17) is 9.84 Å². The molecular formula is C11H21N3O3. The van der Waals surface area contributed by atoms with Gasteiger partial charge in [0.25, 0.3) is 5.91 Å². The zero-order valence-corrected chi connectivity index (χ0v) is 10.1. The molecule has 2 heterocycles. The average Bonchev–Trinajstić information content (AvgIpc) is 2.40. The normalized spacial score (nSPS) is 27.1. The largest absolute Gasteiger partial charge is 0.395 e. The number of hydrogen-bond acceptors (Lipinski definition) is 5. The molecule has 0 aliphatic carbocycles. The van der Waals surface area contributed by atoms with Gasteiger partial charge in [-0.25, -0.2) is 0 Å². The predicted molar refractivity (Wildman–Crippen MR) is 62.7 cm³/mol. The molecule has 0 aromatic rings. The van der Waals surface area contributed by atoms with Gasteiger partial charge in [0, 0.05) is 45.8 Å². The van der Waals surface area contributed by atoms with E-state index in [9.17, 15) is 4.79 Å². The summed E-state index contributed by atoms with van der Waals surface area (Å²) in [5, 5.41) is 12.0. The van der Waals surface area contributed by atoms with Crippen molar-refractivity contribution in [3.8, 4) is 0 Å². The number of amides is 1. The lowest BCUT2D eigenvalue weighted by Crippen LogP contribution is -2.55. The number of β-amino-alcohol motifs (C(OH)–C–C–N with tert-alkyl or cyclic N) is 1. The number of aliphatic hydroxyl groups excluding tert-OH is 1. The first-order chi connectivity index (χ1) is 8.31. The van der Waals surface area contributed by atoms with Gasteiger partial charge in [-0.2, -0.15) is 0 Å². The van der Waals surface area contributed by atoms with Crippen LogP contribution >= 0.6 is 0 Å². The van der Waals surface area contributed by atoms with Crippen LogP contribution in [0.3, 0.4) is 0 Å². The van der Waals surface area contributed by atoms with Crippen molar-refractivity contribution in [2.24, 2.45) is 0 Å². The highest BCUT2D eigenvalue weighted by molar-refractivity contribution is 5.81. The van der Waals surface area contributed by atoms with Crippen LogP contribution in [0.25, 0.3) is 0 Å². The maximum Gasteiger partial charge on any atom is 0.253 e. The van der Waals surface area contributed by atoms with E-state index in [1.807, 2.05) is 4.90 Å². The fourth-order valence-corrected chi connectivity index (χ4v) is 2.26. The molecule has 0 radical (unpaired) electrons. The molecule has 2 aliphatic heterocycles. The van der Waals surface area contributed by atoms with Crippen LogP contribution in [0.15, 0.2) is 0 Å². The Morgan fingerprint density at radius 1 is 1.35 bits per heavy atom. The van der Waals surface area contributed by atoms with Crippen LogP contribution in [0.4, 0.5) is 0 Å². The van der Waals surface area contributed by atoms with Crippen molar-refractivity contribution in [1.29, 1.82) is 0 Å². The van der Waals surface area contributed by atoms with E-state index in [1.165, 1.54) is 0 Å². The van der Waals surface area contributed by atoms with E-state index in [-0.39, 0.29) is 18.6 Å². The monoisotopic (exact) mass is 243 g/mol. The summed E-state index contributed by atoms with van der Waals surface area (Å²) in [5.41, 5.74) is 0. The van der Waals surface area contributed by atoms with Gasteiger partial charge < -0.3 is 20.1 Å². The van der Waals surface area contributed by atoms with E-state index in [1.54, 1.807) is 0 Å². The van der Waals surface area contributed by atoms with Crippen LogP contribution < -0.4 is 5.32 Å². The number of piperazine rings is 1. The molecule has 0 bridgehead atoms. The van der Waals surface area contributed by atoms with Gasteiger partial charge in [0.2, 0.25) is 0 Å². The number of hydrogen-bond donors (Lipinski definition) is 2. The lowest BCUT2D eigenvalue weighted by molar-refractivity contribution is -0.147. The molecule has 0 spiro atoms. The molecule has 1 amide bonds. The Kier molecular flexibility index (Phi) is 4.73. The predicted octanol–water partition coefficient (Wildman–Crippen LogP) is -1.89. The molecule has 2 rings (SSSR count). The Morgan fingerprint density at radius 3 is 2.71 bits per heavy atom. The molecule has 2 N–H and O–H groups in total. The minimum Gasteiger partial charge on any atom is -0.395 e. The Hall–Kier alpha value is -0.690. The molecule has 17 heavy (non-hydrogen) atoms.